The molecule has 0 unspecified atom stereocenters. The van der Waals surface area contributed by atoms with E-state index >= 15 is 0 Å². The molecule has 0 bridgehead atoms. The molecule has 3 heterocycles. The van der Waals surface area contributed by atoms with Gasteiger partial charge >= 0.3 is 0 Å². The molecule has 0 radical (unpaired) electrons. The Balaban J connectivity index is 1.31. The van der Waals surface area contributed by atoms with Crippen LogP contribution in [0.15, 0.2) is 46.0 Å². The zero-order valence-electron chi connectivity index (χ0n) is 17.5. The summed E-state index contributed by atoms with van der Waals surface area (Å²) < 4.78 is 27.5. The molecule has 164 valence electrons. The highest BCUT2D eigenvalue weighted by molar-refractivity contribution is 7.89. The van der Waals surface area contributed by atoms with Crippen molar-refractivity contribution in [1.29, 1.82) is 0 Å². The van der Waals surface area contributed by atoms with E-state index in [4.69, 9.17) is 0 Å². The van der Waals surface area contributed by atoms with Gasteiger partial charge in [0.25, 0.3) is 0 Å². The number of thiazole rings is 1. The van der Waals surface area contributed by atoms with Crippen LogP contribution in [0.2, 0.25) is 0 Å². The molecule has 1 aliphatic heterocycles. The van der Waals surface area contributed by atoms with E-state index in [0.29, 0.717) is 37.4 Å². The van der Waals surface area contributed by atoms with Gasteiger partial charge in [-0.3, -0.25) is 4.79 Å². The summed E-state index contributed by atoms with van der Waals surface area (Å²) in [7, 11) is -3.54. The summed E-state index contributed by atoms with van der Waals surface area (Å²) in [6, 6.07) is 9.40. The fourth-order valence-electron chi connectivity index (χ4n) is 3.81. The van der Waals surface area contributed by atoms with Crippen molar-refractivity contribution in [3.05, 3.63) is 57.9 Å². The van der Waals surface area contributed by atoms with E-state index in [1.165, 1.54) is 4.31 Å². The Morgan fingerprint density at radius 1 is 1.16 bits per heavy atom. The fourth-order valence-corrected chi connectivity index (χ4v) is 7.11. The first-order valence-electron chi connectivity index (χ1n) is 10.2. The number of benzene rings is 1. The van der Waals surface area contributed by atoms with Crippen LogP contribution in [0.5, 0.6) is 0 Å². The first kappa shape index (κ1) is 22.1. The molecule has 1 fully saturated rings. The number of rotatable bonds is 6. The largest absolute Gasteiger partial charge is 0.350 e. The molecular formula is C22H25N3O3S3. The van der Waals surface area contributed by atoms with Gasteiger partial charge in [-0.1, -0.05) is 12.1 Å². The van der Waals surface area contributed by atoms with Gasteiger partial charge in [0.05, 0.1) is 22.0 Å². The molecule has 1 amide bonds. The molecule has 3 aromatic rings. The van der Waals surface area contributed by atoms with Crippen molar-refractivity contribution in [2.45, 2.75) is 38.1 Å². The quantitative estimate of drug-likeness (QED) is 0.579. The first-order chi connectivity index (χ1) is 14.8. The number of piperidine rings is 1. The van der Waals surface area contributed by atoms with E-state index in [0.717, 1.165) is 26.7 Å². The van der Waals surface area contributed by atoms with Crippen molar-refractivity contribution < 1.29 is 13.2 Å². The van der Waals surface area contributed by atoms with Gasteiger partial charge in [0, 0.05) is 24.4 Å². The van der Waals surface area contributed by atoms with E-state index in [1.807, 2.05) is 42.8 Å². The number of carbonyl (C=O) groups is 1. The molecule has 0 aliphatic carbocycles. The van der Waals surface area contributed by atoms with Gasteiger partial charge in [0.1, 0.15) is 5.01 Å². The summed E-state index contributed by atoms with van der Waals surface area (Å²) in [4.78, 5) is 18.7. The third-order valence-electron chi connectivity index (χ3n) is 5.39. The van der Waals surface area contributed by atoms with E-state index in [9.17, 15) is 13.2 Å². The minimum Gasteiger partial charge on any atom is -0.350 e. The van der Waals surface area contributed by atoms with Crippen LogP contribution in [0.3, 0.4) is 0 Å². The van der Waals surface area contributed by atoms with Crippen LogP contribution in [0.25, 0.3) is 9.88 Å². The number of amides is 1. The van der Waals surface area contributed by atoms with E-state index in [-0.39, 0.29) is 11.8 Å². The van der Waals surface area contributed by atoms with Gasteiger partial charge in [-0.15, -0.1) is 22.7 Å². The van der Waals surface area contributed by atoms with Gasteiger partial charge < -0.3 is 5.32 Å². The lowest BCUT2D eigenvalue weighted by Crippen LogP contribution is -2.42. The molecule has 1 aliphatic rings. The number of hydrogen-bond acceptors (Lipinski definition) is 6. The molecule has 4 rings (SSSR count). The third-order valence-corrected chi connectivity index (χ3v) is 9.19. The molecule has 1 aromatic carbocycles. The molecule has 6 nitrogen and oxygen atoms in total. The van der Waals surface area contributed by atoms with Gasteiger partial charge in [0.2, 0.25) is 15.9 Å². The van der Waals surface area contributed by atoms with E-state index in [2.05, 4.69) is 10.3 Å². The molecule has 2 aromatic heterocycles. The Labute approximate surface area is 191 Å². The van der Waals surface area contributed by atoms with Crippen LogP contribution in [0.1, 0.15) is 29.7 Å². The summed E-state index contributed by atoms with van der Waals surface area (Å²) in [6.45, 7) is 4.89. The highest BCUT2D eigenvalue weighted by atomic mass is 32.2. The molecular weight excluding hydrogens is 450 g/mol. The van der Waals surface area contributed by atoms with Crippen LogP contribution < -0.4 is 5.32 Å². The predicted octanol–water partition coefficient (Wildman–Crippen LogP) is 4.21. The molecule has 0 saturated carbocycles. The lowest BCUT2D eigenvalue weighted by Gasteiger charge is -2.30. The van der Waals surface area contributed by atoms with Crippen molar-refractivity contribution in [2.24, 2.45) is 5.92 Å². The van der Waals surface area contributed by atoms with E-state index < -0.39 is 10.0 Å². The highest BCUT2D eigenvalue weighted by Gasteiger charge is 2.32. The summed E-state index contributed by atoms with van der Waals surface area (Å²) in [5, 5.41) is 7.92. The van der Waals surface area contributed by atoms with Crippen LogP contribution in [0, 0.1) is 19.8 Å². The Bertz CT molecular complexity index is 1140. The summed E-state index contributed by atoms with van der Waals surface area (Å²) in [6.07, 6.45) is 1.04. The highest BCUT2D eigenvalue weighted by Crippen LogP contribution is 2.28. The first-order valence-corrected chi connectivity index (χ1v) is 13.4. The maximum atomic E-state index is 13.0. The minimum atomic E-state index is -3.54. The minimum absolute atomic E-state index is 0.0332. The molecule has 31 heavy (non-hydrogen) atoms. The number of sulfonamides is 1. The van der Waals surface area contributed by atoms with Crippen LogP contribution in [0.4, 0.5) is 0 Å². The second-order valence-corrected chi connectivity index (χ2v) is 11.6. The molecule has 0 spiro atoms. The van der Waals surface area contributed by atoms with E-state index in [1.54, 1.807) is 34.8 Å². The zero-order valence-corrected chi connectivity index (χ0v) is 19.9. The SMILES string of the molecule is Cc1cc(C)cc(S(=O)(=O)N2CCC(C(=O)NCc3csc(-c4cccs4)n3)CC2)c1. The average Bonchev–Trinajstić information content (AvgIpc) is 3.43. The van der Waals surface area contributed by atoms with Crippen LogP contribution in [-0.4, -0.2) is 36.7 Å². The van der Waals surface area contributed by atoms with Gasteiger partial charge in [-0.05, 0) is 61.4 Å². The summed E-state index contributed by atoms with van der Waals surface area (Å²) in [5.74, 6) is -0.213. The number of aromatic nitrogens is 1. The van der Waals surface area contributed by atoms with Gasteiger partial charge in [0.15, 0.2) is 0 Å². The second kappa shape index (κ2) is 9.20. The van der Waals surface area contributed by atoms with Crippen molar-refractivity contribution >= 4 is 38.6 Å². The Hall–Kier alpha value is -2.07. The molecule has 0 atom stereocenters. The zero-order chi connectivity index (χ0) is 22.0. The molecule has 9 heteroatoms. The molecule has 1 N–H and O–H groups in total. The summed E-state index contributed by atoms with van der Waals surface area (Å²) >= 11 is 3.22. The van der Waals surface area contributed by atoms with Gasteiger partial charge in [-0.2, -0.15) is 4.31 Å². The Morgan fingerprint density at radius 2 is 1.87 bits per heavy atom. The van der Waals surface area contributed by atoms with Crippen molar-refractivity contribution in [3.8, 4) is 9.88 Å². The number of nitrogens with zero attached hydrogens (tertiary/aromatic N) is 2. The van der Waals surface area contributed by atoms with Gasteiger partial charge in [-0.25, -0.2) is 13.4 Å². The topological polar surface area (TPSA) is 79.4 Å². The molecule has 1 saturated heterocycles. The van der Waals surface area contributed by atoms with Crippen molar-refractivity contribution in [3.63, 3.8) is 0 Å². The predicted molar refractivity (Wildman–Crippen MR) is 125 cm³/mol. The standard InChI is InChI=1S/C22H25N3O3S3/c1-15-10-16(2)12-19(11-15)31(27,28)25-7-5-17(6-8-25)21(26)23-13-18-14-30-22(24-18)20-4-3-9-29-20/h3-4,9-12,14,17H,5-8,13H2,1-2H3,(H,23,26). The maximum Gasteiger partial charge on any atom is 0.243 e. The number of hydrogen-bond donors (Lipinski definition) is 1. The lowest BCUT2D eigenvalue weighted by atomic mass is 9.97. The van der Waals surface area contributed by atoms with Crippen molar-refractivity contribution in [2.75, 3.05) is 13.1 Å². The third kappa shape index (κ3) is 5.06. The number of thiophene rings is 1. The number of nitrogens with one attached hydrogen (secondary N) is 1. The lowest BCUT2D eigenvalue weighted by molar-refractivity contribution is -0.126. The maximum absolute atomic E-state index is 13.0. The second-order valence-electron chi connectivity index (χ2n) is 7.84. The smallest absolute Gasteiger partial charge is 0.243 e. The normalized spacial score (nSPS) is 15.8. The van der Waals surface area contributed by atoms with Crippen LogP contribution in [-0.2, 0) is 21.4 Å². The summed E-state index contributed by atoms with van der Waals surface area (Å²) in [5.41, 5.74) is 2.70. The number of carbonyl (C=O) groups excluding carboxylic acids is 1. The Kier molecular flexibility index (Phi) is 6.57. The van der Waals surface area contributed by atoms with Crippen LogP contribution >= 0.6 is 22.7 Å². The fraction of sp³-hybridized carbons (Fsp3) is 0.364. The number of aryl methyl sites for hydroxylation is 2. The monoisotopic (exact) mass is 475 g/mol. The Morgan fingerprint density at radius 3 is 2.52 bits per heavy atom. The van der Waals surface area contributed by atoms with Crippen molar-refractivity contribution in [1.82, 2.24) is 14.6 Å². The average molecular weight is 476 g/mol.